The number of para-hydroxylation sites is 2. The van der Waals surface area contributed by atoms with E-state index in [-0.39, 0.29) is 0 Å². The molecule has 2 aliphatic heterocycles. The number of hydrogen-bond acceptors (Lipinski definition) is 2. The molecular formula is C30H30BNO2. The van der Waals surface area contributed by atoms with E-state index < -0.39 is 0 Å². The molecule has 4 heteroatoms. The highest BCUT2D eigenvalue weighted by molar-refractivity contribution is 6.78. The van der Waals surface area contributed by atoms with Crippen molar-refractivity contribution in [1.82, 2.24) is 4.57 Å². The molecule has 4 unspecified atom stereocenters. The SMILES string of the molecule is c1ccc2c(c1)c1ccccc1n2-c1cc2c3c(c1)OC1CCCCC1B3C1CCCCC1O2. The molecule has 3 aromatic carbocycles. The van der Waals surface area contributed by atoms with Crippen molar-refractivity contribution in [3.63, 3.8) is 0 Å². The Balaban J connectivity index is 1.38. The van der Waals surface area contributed by atoms with Gasteiger partial charge in [-0.3, -0.25) is 0 Å². The van der Waals surface area contributed by atoms with Gasteiger partial charge in [0.2, 0.25) is 0 Å². The first kappa shape index (κ1) is 19.4. The monoisotopic (exact) mass is 447 g/mol. The molecule has 0 radical (unpaired) electrons. The highest BCUT2D eigenvalue weighted by Gasteiger charge is 2.52. The Kier molecular flexibility index (Phi) is 4.18. The summed E-state index contributed by atoms with van der Waals surface area (Å²) in [4.78, 5) is 0. The fraction of sp³-hybridized carbons (Fsp3) is 0.400. The first-order valence-corrected chi connectivity index (χ1v) is 13.4. The molecule has 2 aliphatic carbocycles. The van der Waals surface area contributed by atoms with E-state index in [0.717, 1.165) is 17.2 Å². The largest absolute Gasteiger partial charge is 0.491 e. The van der Waals surface area contributed by atoms with Crippen LogP contribution in [0.15, 0.2) is 60.7 Å². The van der Waals surface area contributed by atoms with Gasteiger partial charge < -0.3 is 14.0 Å². The summed E-state index contributed by atoms with van der Waals surface area (Å²) in [5, 5.41) is 2.59. The van der Waals surface area contributed by atoms with Crippen molar-refractivity contribution in [3.05, 3.63) is 60.7 Å². The normalized spacial score (nSPS) is 27.5. The van der Waals surface area contributed by atoms with Gasteiger partial charge >= 0.3 is 0 Å². The molecule has 8 rings (SSSR count). The van der Waals surface area contributed by atoms with E-state index in [4.69, 9.17) is 9.47 Å². The minimum absolute atomic E-state index is 0.369. The minimum atomic E-state index is 0.369. The van der Waals surface area contributed by atoms with Gasteiger partial charge in [-0.05, 0) is 49.5 Å². The fourth-order valence-corrected chi connectivity index (χ4v) is 7.88. The summed E-state index contributed by atoms with van der Waals surface area (Å²) in [5.41, 5.74) is 5.03. The van der Waals surface area contributed by atoms with Gasteiger partial charge in [0.25, 0.3) is 0 Å². The zero-order valence-electron chi connectivity index (χ0n) is 19.6. The van der Waals surface area contributed by atoms with E-state index in [1.165, 1.54) is 78.6 Å². The maximum Gasteiger partial charge on any atom is 0.199 e. The number of rotatable bonds is 1. The predicted octanol–water partition coefficient (Wildman–Crippen LogP) is 6.90. The Bertz CT molecular complexity index is 1320. The van der Waals surface area contributed by atoms with Crippen LogP contribution in [0.3, 0.4) is 0 Å². The Morgan fingerprint density at radius 2 is 1.15 bits per heavy atom. The van der Waals surface area contributed by atoms with Crippen LogP contribution >= 0.6 is 0 Å². The summed E-state index contributed by atoms with van der Waals surface area (Å²) in [7, 11) is 0. The fourth-order valence-electron chi connectivity index (χ4n) is 7.88. The molecule has 0 spiro atoms. The summed E-state index contributed by atoms with van der Waals surface area (Å²) in [6.07, 6.45) is 11.1. The van der Waals surface area contributed by atoms with Gasteiger partial charge in [0.1, 0.15) is 11.5 Å². The van der Waals surface area contributed by atoms with Gasteiger partial charge in [-0.25, -0.2) is 0 Å². The Morgan fingerprint density at radius 1 is 0.647 bits per heavy atom. The van der Waals surface area contributed by atoms with E-state index in [0.29, 0.717) is 30.6 Å². The Morgan fingerprint density at radius 3 is 1.71 bits per heavy atom. The smallest absolute Gasteiger partial charge is 0.199 e. The van der Waals surface area contributed by atoms with Crippen molar-refractivity contribution < 1.29 is 9.47 Å². The van der Waals surface area contributed by atoms with Crippen LogP contribution in [0.2, 0.25) is 11.6 Å². The zero-order valence-corrected chi connectivity index (χ0v) is 19.6. The topological polar surface area (TPSA) is 23.4 Å². The molecule has 4 atom stereocenters. The second-order valence-corrected chi connectivity index (χ2v) is 11.0. The molecule has 0 saturated heterocycles. The number of aromatic nitrogens is 1. The average Bonchev–Trinajstić information content (AvgIpc) is 3.23. The lowest BCUT2D eigenvalue weighted by molar-refractivity contribution is 0.122. The van der Waals surface area contributed by atoms with Crippen LogP contribution in [-0.4, -0.2) is 23.5 Å². The van der Waals surface area contributed by atoms with E-state index in [1.807, 2.05) is 0 Å². The van der Waals surface area contributed by atoms with Gasteiger partial charge in [-0.15, -0.1) is 0 Å². The first-order valence-electron chi connectivity index (χ1n) is 13.4. The maximum atomic E-state index is 6.83. The molecule has 3 nitrogen and oxygen atoms in total. The molecule has 34 heavy (non-hydrogen) atoms. The van der Waals surface area contributed by atoms with Crippen LogP contribution in [-0.2, 0) is 0 Å². The van der Waals surface area contributed by atoms with Gasteiger partial charge in [-0.2, -0.15) is 0 Å². The van der Waals surface area contributed by atoms with E-state index in [9.17, 15) is 0 Å². The Labute approximate surface area is 201 Å². The third-order valence-electron chi connectivity index (χ3n) is 9.25. The predicted molar refractivity (Wildman–Crippen MR) is 139 cm³/mol. The Hall–Kier alpha value is -2.88. The third kappa shape index (κ3) is 2.66. The van der Waals surface area contributed by atoms with Gasteiger partial charge in [0, 0.05) is 28.4 Å². The highest BCUT2D eigenvalue weighted by atomic mass is 16.5. The summed E-state index contributed by atoms with van der Waals surface area (Å²) in [6, 6.07) is 22.1. The number of benzene rings is 3. The third-order valence-corrected chi connectivity index (χ3v) is 9.25. The molecule has 2 saturated carbocycles. The zero-order chi connectivity index (χ0) is 22.2. The number of fused-ring (bicyclic) bond motifs is 7. The molecule has 170 valence electrons. The van der Waals surface area contributed by atoms with Crippen LogP contribution in [0.25, 0.3) is 27.5 Å². The van der Waals surface area contributed by atoms with E-state index >= 15 is 0 Å². The highest BCUT2D eigenvalue weighted by Crippen LogP contribution is 2.51. The van der Waals surface area contributed by atoms with E-state index in [2.05, 4.69) is 65.2 Å². The van der Waals surface area contributed by atoms with Crippen molar-refractivity contribution in [1.29, 1.82) is 0 Å². The van der Waals surface area contributed by atoms with Crippen molar-refractivity contribution in [2.45, 2.75) is 75.2 Å². The summed E-state index contributed by atoms with van der Waals surface area (Å²) >= 11 is 0. The van der Waals surface area contributed by atoms with E-state index in [1.54, 1.807) is 0 Å². The first-order chi connectivity index (χ1) is 16.9. The van der Waals surface area contributed by atoms with Gasteiger partial charge in [0.05, 0.1) is 28.9 Å². The summed E-state index contributed by atoms with van der Waals surface area (Å²) in [6.45, 7) is 0.607. The molecule has 0 bridgehead atoms. The maximum absolute atomic E-state index is 6.83. The van der Waals surface area contributed by atoms with Crippen molar-refractivity contribution in [2.75, 3.05) is 0 Å². The van der Waals surface area contributed by atoms with Crippen molar-refractivity contribution >= 4 is 34.0 Å². The average molecular weight is 447 g/mol. The molecule has 0 amide bonds. The molecule has 1 aromatic heterocycles. The van der Waals surface area contributed by atoms with Crippen LogP contribution in [0.5, 0.6) is 11.5 Å². The van der Waals surface area contributed by atoms with Crippen molar-refractivity contribution in [2.24, 2.45) is 0 Å². The molecular weight excluding hydrogens is 417 g/mol. The van der Waals surface area contributed by atoms with Crippen LogP contribution < -0.4 is 14.9 Å². The molecule has 3 heterocycles. The quantitative estimate of drug-likeness (QED) is 0.297. The second-order valence-electron chi connectivity index (χ2n) is 11.0. The van der Waals surface area contributed by atoms with Crippen LogP contribution in [0.4, 0.5) is 0 Å². The molecule has 4 aliphatic rings. The van der Waals surface area contributed by atoms with Crippen LogP contribution in [0.1, 0.15) is 51.4 Å². The molecule has 4 aromatic rings. The number of ether oxygens (including phenoxy) is 2. The van der Waals surface area contributed by atoms with Gasteiger partial charge in [0.15, 0.2) is 6.71 Å². The molecule has 0 N–H and O–H groups in total. The molecule has 2 fully saturated rings. The lowest BCUT2D eigenvalue weighted by Gasteiger charge is -2.50. The number of nitrogens with zero attached hydrogens (tertiary/aromatic N) is 1. The van der Waals surface area contributed by atoms with Gasteiger partial charge in [-0.1, -0.05) is 62.1 Å². The minimum Gasteiger partial charge on any atom is -0.491 e. The lowest BCUT2D eigenvalue weighted by atomic mass is 9.25. The second kappa shape index (κ2) is 7.31. The van der Waals surface area contributed by atoms with Crippen molar-refractivity contribution in [3.8, 4) is 17.2 Å². The van der Waals surface area contributed by atoms with Crippen LogP contribution in [0, 0.1) is 0 Å². The lowest BCUT2D eigenvalue weighted by Crippen LogP contribution is -2.58. The summed E-state index contributed by atoms with van der Waals surface area (Å²) in [5.74, 6) is 3.50. The summed E-state index contributed by atoms with van der Waals surface area (Å²) < 4.78 is 16.1. The standard InChI is InChI=1S/C30H30BNO2/c1-5-13-24-20(9-1)21-10-2-6-14-25(21)32(24)19-17-28-30-29(18-19)34-27-16-8-4-12-23(27)31(30)22-11-3-7-15-26(22)33-28/h1-2,5-6,9-10,13-14,17-18,22-23,26-27H,3-4,7-8,11-12,15-16H2. The number of hydrogen-bond donors (Lipinski definition) is 0.